The third-order valence-corrected chi connectivity index (χ3v) is 2.74. The van der Waals surface area contributed by atoms with Gasteiger partial charge >= 0.3 is 0 Å². The molecule has 0 nitrogen and oxygen atoms in total. The lowest BCUT2D eigenvalue weighted by Gasteiger charge is -2.00. The molecule has 0 aromatic heterocycles. The molecule has 0 aliphatic rings. The summed E-state index contributed by atoms with van der Waals surface area (Å²) in [5, 5.41) is 1.08. The van der Waals surface area contributed by atoms with Crippen molar-refractivity contribution in [1.82, 2.24) is 0 Å². The predicted octanol–water partition coefficient (Wildman–Crippen LogP) is 5.24. The Bertz CT molecular complexity index is 189. The fraction of sp³-hybridized carbons (Fsp3) is 0.692. The number of rotatable bonds is 7. The van der Waals surface area contributed by atoms with E-state index in [2.05, 4.69) is 48.9 Å². The molecule has 0 spiro atoms. The van der Waals surface area contributed by atoms with Gasteiger partial charge in [0.25, 0.3) is 0 Å². The second-order valence-corrected chi connectivity index (χ2v) is 4.66. The first-order chi connectivity index (χ1) is 6.70. The van der Waals surface area contributed by atoms with Crippen molar-refractivity contribution in [3.63, 3.8) is 0 Å². The average molecular weight is 259 g/mol. The van der Waals surface area contributed by atoms with E-state index in [9.17, 15) is 0 Å². The van der Waals surface area contributed by atoms with Gasteiger partial charge in [-0.1, -0.05) is 52.6 Å². The van der Waals surface area contributed by atoms with E-state index in [1.807, 2.05) is 0 Å². The lowest BCUT2D eigenvalue weighted by atomic mass is 10.1. The molecule has 0 heterocycles. The zero-order valence-electron chi connectivity index (χ0n) is 9.78. The van der Waals surface area contributed by atoms with Crippen LogP contribution >= 0.6 is 15.9 Å². The molecule has 0 amide bonds. The van der Waals surface area contributed by atoms with Crippen molar-refractivity contribution in [3.05, 3.63) is 23.3 Å². The first-order valence-corrected chi connectivity index (χ1v) is 6.70. The number of allylic oxidation sites excluding steroid dienone is 4. The minimum atomic E-state index is 1.08. The Morgan fingerprint density at radius 3 is 2.14 bits per heavy atom. The van der Waals surface area contributed by atoms with Crippen molar-refractivity contribution in [2.45, 2.75) is 52.9 Å². The molecule has 0 unspecified atom stereocenters. The van der Waals surface area contributed by atoms with E-state index in [0.717, 1.165) is 11.8 Å². The Balaban J connectivity index is 3.66. The zero-order chi connectivity index (χ0) is 10.8. The van der Waals surface area contributed by atoms with Crippen LogP contribution in [0.5, 0.6) is 0 Å². The Hall–Kier alpha value is -0.0400. The molecule has 0 aliphatic carbocycles. The third kappa shape index (κ3) is 8.55. The normalized spacial score (nSPS) is 13.4. The van der Waals surface area contributed by atoms with Gasteiger partial charge in [-0.25, -0.2) is 0 Å². The van der Waals surface area contributed by atoms with Crippen molar-refractivity contribution >= 4 is 15.9 Å². The third-order valence-electron chi connectivity index (χ3n) is 2.28. The minimum absolute atomic E-state index is 1.08. The van der Waals surface area contributed by atoms with Crippen LogP contribution < -0.4 is 0 Å². The lowest BCUT2D eigenvalue weighted by Crippen LogP contribution is -1.80. The summed E-state index contributed by atoms with van der Waals surface area (Å²) < 4.78 is 0. The summed E-state index contributed by atoms with van der Waals surface area (Å²) in [6.07, 6.45) is 10.8. The Morgan fingerprint density at radius 1 is 1.00 bits per heavy atom. The molecule has 0 bridgehead atoms. The summed E-state index contributed by atoms with van der Waals surface area (Å²) in [5.74, 6) is 0. The molecule has 0 atom stereocenters. The predicted molar refractivity (Wildman–Crippen MR) is 70.1 cm³/mol. The summed E-state index contributed by atoms with van der Waals surface area (Å²) >= 11 is 3.43. The van der Waals surface area contributed by atoms with Gasteiger partial charge in [-0.15, -0.1) is 0 Å². The highest BCUT2D eigenvalue weighted by atomic mass is 79.9. The molecule has 82 valence electrons. The van der Waals surface area contributed by atoms with Crippen LogP contribution in [0.2, 0.25) is 0 Å². The molecule has 1 heteroatoms. The summed E-state index contributed by atoms with van der Waals surface area (Å²) in [5.41, 5.74) is 3.06. The largest absolute Gasteiger partial charge is 0.0925 e. The SMILES string of the molecule is CCCC(C)=CCCC(C)=CCCBr. The van der Waals surface area contributed by atoms with E-state index in [1.54, 1.807) is 5.57 Å². The number of hydrogen-bond donors (Lipinski definition) is 0. The van der Waals surface area contributed by atoms with Crippen molar-refractivity contribution in [1.29, 1.82) is 0 Å². The van der Waals surface area contributed by atoms with Crippen molar-refractivity contribution in [3.8, 4) is 0 Å². The second-order valence-electron chi connectivity index (χ2n) is 3.87. The van der Waals surface area contributed by atoms with E-state index in [0.29, 0.717) is 0 Å². The van der Waals surface area contributed by atoms with E-state index >= 15 is 0 Å². The molecule has 0 aromatic carbocycles. The quantitative estimate of drug-likeness (QED) is 0.433. The van der Waals surface area contributed by atoms with Crippen LogP contribution in [0.25, 0.3) is 0 Å². The minimum Gasteiger partial charge on any atom is -0.0925 e. The van der Waals surface area contributed by atoms with Gasteiger partial charge < -0.3 is 0 Å². The molecule has 14 heavy (non-hydrogen) atoms. The lowest BCUT2D eigenvalue weighted by molar-refractivity contribution is 0.879. The van der Waals surface area contributed by atoms with Crippen LogP contribution in [0.1, 0.15) is 52.9 Å². The van der Waals surface area contributed by atoms with Crippen LogP contribution in [0.15, 0.2) is 23.3 Å². The number of alkyl halides is 1. The second kappa shape index (κ2) is 9.51. The van der Waals surface area contributed by atoms with Crippen molar-refractivity contribution in [2.24, 2.45) is 0 Å². The smallest absolute Gasteiger partial charge is 0.00660 e. The van der Waals surface area contributed by atoms with Gasteiger partial charge in [-0.3, -0.25) is 0 Å². The van der Waals surface area contributed by atoms with Crippen LogP contribution in [0.3, 0.4) is 0 Å². The van der Waals surface area contributed by atoms with Gasteiger partial charge in [0.1, 0.15) is 0 Å². The molecule has 0 fully saturated rings. The molecule has 0 N–H and O–H groups in total. The molecule has 0 saturated carbocycles. The van der Waals surface area contributed by atoms with Gasteiger partial charge in [0.15, 0.2) is 0 Å². The average Bonchev–Trinajstić information content (AvgIpc) is 2.15. The highest BCUT2D eigenvalue weighted by Crippen LogP contribution is 2.10. The number of halogens is 1. The van der Waals surface area contributed by atoms with E-state index in [-0.39, 0.29) is 0 Å². The Labute approximate surface area is 97.6 Å². The fourth-order valence-electron chi connectivity index (χ4n) is 1.45. The summed E-state index contributed by atoms with van der Waals surface area (Å²) in [6.45, 7) is 6.70. The summed E-state index contributed by atoms with van der Waals surface area (Å²) in [4.78, 5) is 0. The van der Waals surface area contributed by atoms with Crippen LogP contribution in [-0.4, -0.2) is 5.33 Å². The topological polar surface area (TPSA) is 0 Å². The zero-order valence-corrected chi connectivity index (χ0v) is 11.4. The van der Waals surface area contributed by atoms with Gasteiger partial charge in [-0.2, -0.15) is 0 Å². The molecule has 0 aliphatic heterocycles. The maximum atomic E-state index is 3.43. The van der Waals surface area contributed by atoms with E-state index in [4.69, 9.17) is 0 Å². The Morgan fingerprint density at radius 2 is 1.57 bits per heavy atom. The van der Waals surface area contributed by atoms with Crippen LogP contribution in [0, 0.1) is 0 Å². The van der Waals surface area contributed by atoms with Crippen molar-refractivity contribution in [2.75, 3.05) is 5.33 Å². The van der Waals surface area contributed by atoms with Gasteiger partial charge in [-0.05, 0) is 39.5 Å². The number of hydrogen-bond acceptors (Lipinski definition) is 0. The van der Waals surface area contributed by atoms with E-state index in [1.165, 1.54) is 31.3 Å². The van der Waals surface area contributed by atoms with Gasteiger partial charge in [0.2, 0.25) is 0 Å². The molecule has 0 rings (SSSR count). The first kappa shape index (κ1) is 14.0. The summed E-state index contributed by atoms with van der Waals surface area (Å²) in [6, 6.07) is 0. The standard InChI is InChI=1S/C13H23Br/c1-4-7-12(2)8-5-9-13(3)10-6-11-14/h8,10H,4-7,9,11H2,1-3H3. The maximum absolute atomic E-state index is 3.43. The summed E-state index contributed by atoms with van der Waals surface area (Å²) in [7, 11) is 0. The first-order valence-electron chi connectivity index (χ1n) is 5.58. The Kier molecular flexibility index (Phi) is 9.49. The van der Waals surface area contributed by atoms with Crippen molar-refractivity contribution < 1.29 is 0 Å². The molecular weight excluding hydrogens is 236 g/mol. The fourth-order valence-corrected chi connectivity index (χ4v) is 1.67. The molecule has 0 radical (unpaired) electrons. The van der Waals surface area contributed by atoms with Crippen LogP contribution in [-0.2, 0) is 0 Å². The van der Waals surface area contributed by atoms with E-state index < -0.39 is 0 Å². The van der Waals surface area contributed by atoms with Gasteiger partial charge in [0, 0.05) is 5.33 Å². The van der Waals surface area contributed by atoms with Crippen LogP contribution in [0.4, 0.5) is 0 Å². The monoisotopic (exact) mass is 258 g/mol. The van der Waals surface area contributed by atoms with Gasteiger partial charge in [0.05, 0.1) is 0 Å². The molecule has 0 aromatic rings. The highest BCUT2D eigenvalue weighted by Gasteiger charge is 1.90. The molecule has 0 saturated heterocycles. The highest BCUT2D eigenvalue weighted by molar-refractivity contribution is 9.09. The maximum Gasteiger partial charge on any atom is 0.00660 e. The molecular formula is C13H23Br.